The Morgan fingerprint density at radius 3 is 2.33 bits per heavy atom. The summed E-state index contributed by atoms with van der Waals surface area (Å²) < 4.78 is 0. The number of carbonyl (C=O) groups is 2. The van der Waals surface area contributed by atoms with Gasteiger partial charge in [0.05, 0.1) is 0 Å². The summed E-state index contributed by atoms with van der Waals surface area (Å²) in [6.45, 7) is 8.53. The number of amides is 2. The van der Waals surface area contributed by atoms with Gasteiger partial charge in [-0.25, -0.2) is 0 Å². The van der Waals surface area contributed by atoms with Gasteiger partial charge in [0, 0.05) is 31.6 Å². The molecule has 4 heteroatoms. The molecular formula is C17H26N2O2. The summed E-state index contributed by atoms with van der Waals surface area (Å²) in [5.74, 6) is 0.128. The van der Waals surface area contributed by atoms with Crippen molar-refractivity contribution < 1.29 is 9.59 Å². The Morgan fingerprint density at radius 2 is 1.81 bits per heavy atom. The van der Waals surface area contributed by atoms with Gasteiger partial charge in [0.15, 0.2) is 0 Å². The van der Waals surface area contributed by atoms with Crippen molar-refractivity contribution in [3.63, 3.8) is 0 Å². The SMILES string of the molecule is CCC(CC)C(=O)NCCN(C(C)=O)c1ccccc1C. The van der Waals surface area contributed by atoms with Crippen LogP contribution in [-0.4, -0.2) is 24.9 Å². The summed E-state index contributed by atoms with van der Waals surface area (Å²) in [6.07, 6.45) is 1.69. The first-order valence-corrected chi connectivity index (χ1v) is 7.62. The molecule has 1 N–H and O–H groups in total. The highest BCUT2D eigenvalue weighted by atomic mass is 16.2. The Bertz CT molecular complexity index is 481. The molecule has 0 atom stereocenters. The molecule has 0 saturated carbocycles. The first-order chi connectivity index (χ1) is 10.0. The Balaban J connectivity index is 2.64. The molecule has 0 bridgehead atoms. The van der Waals surface area contributed by atoms with Gasteiger partial charge in [0.25, 0.3) is 0 Å². The quantitative estimate of drug-likeness (QED) is 0.839. The van der Waals surface area contributed by atoms with E-state index in [2.05, 4.69) is 5.32 Å². The van der Waals surface area contributed by atoms with E-state index in [4.69, 9.17) is 0 Å². The van der Waals surface area contributed by atoms with E-state index in [1.54, 1.807) is 11.8 Å². The van der Waals surface area contributed by atoms with Crippen molar-refractivity contribution in [2.45, 2.75) is 40.5 Å². The fourth-order valence-corrected chi connectivity index (χ4v) is 2.41. The number of rotatable bonds is 7. The average molecular weight is 290 g/mol. The summed E-state index contributed by atoms with van der Waals surface area (Å²) in [7, 11) is 0. The van der Waals surface area contributed by atoms with Gasteiger partial charge in [-0.15, -0.1) is 0 Å². The van der Waals surface area contributed by atoms with Crippen LogP contribution in [-0.2, 0) is 9.59 Å². The standard InChI is InChI=1S/C17H26N2O2/c1-5-15(6-2)17(21)18-11-12-19(14(4)20)16-10-8-7-9-13(16)3/h7-10,15H,5-6,11-12H2,1-4H3,(H,18,21). The lowest BCUT2D eigenvalue weighted by molar-refractivity contribution is -0.125. The number of aryl methyl sites for hydroxylation is 1. The highest BCUT2D eigenvalue weighted by Crippen LogP contribution is 2.19. The zero-order valence-electron chi connectivity index (χ0n) is 13.5. The van der Waals surface area contributed by atoms with Crippen molar-refractivity contribution in [3.05, 3.63) is 29.8 Å². The number of hydrogen-bond acceptors (Lipinski definition) is 2. The lowest BCUT2D eigenvalue weighted by Crippen LogP contribution is -2.39. The van der Waals surface area contributed by atoms with Crippen LogP contribution in [0.3, 0.4) is 0 Å². The number of anilines is 1. The van der Waals surface area contributed by atoms with Gasteiger partial charge in [-0.2, -0.15) is 0 Å². The van der Waals surface area contributed by atoms with E-state index < -0.39 is 0 Å². The van der Waals surface area contributed by atoms with Crippen LogP contribution in [0.5, 0.6) is 0 Å². The largest absolute Gasteiger partial charge is 0.354 e. The molecular weight excluding hydrogens is 264 g/mol. The van der Waals surface area contributed by atoms with Crippen LogP contribution < -0.4 is 10.2 Å². The molecule has 0 aliphatic carbocycles. The smallest absolute Gasteiger partial charge is 0.223 e. The van der Waals surface area contributed by atoms with Gasteiger partial charge in [0.1, 0.15) is 0 Å². The van der Waals surface area contributed by atoms with E-state index in [1.807, 2.05) is 45.0 Å². The Hall–Kier alpha value is -1.84. The monoisotopic (exact) mass is 290 g/mol. The molecule has 0 aliphatic heterocycles. The predicted octanol–water partition coefficient (Wildman–Crippen LogP) is 2.90. The molecule has 21 heavy (non-hydrogen) atoms. The second-order valence-corrected chi connectivity index (χ2v) is 5.26. The molecule has 0 radical (unpaired) electrons. The van der Waals surface area contributed by atoms with Crippen LogP contribution in [0.15, 0.2) is 24.3 Å². The van der Waals surface area contributed by atoms with Crippen LogP contribution in [0.25, 0.3) is 0 Å². The van der Waals surface area contributed by atoms with E-state index in [0.29, 0.717) is 13.1 Å². The van der Waals surface area contributed by atoms with Crippen LogP contribution in [0, 0.1) is 12.8 Å². The first-order valence-electron chi connectivity index (χ1n) is 7.62. The van der Waals surface area contributed by atoms with Gasteiger partial charge in [-0.1, -0.05) is 32.0 Å². The lowest BCUT2D eigenvalue weighted by Gasteiger charge is -2.23. The van der Waals surface area contributed by atoms with Crippen LogP contribution in [0.2, 0.25) is 0 Å². The molecule has 0 saturated heterocycles. The lowest BCUT2D eigenvalue weighted by atomic mass is 10.0. The molecule has 1 rings (SSSR count). The van der Waals surface area contributed by atoms with E-state index >= 15 is 0 Å². The summed E-state index contributed by atoms with van der Waals surface area (Å²) >= 11 is 0. The Labute approximate surface area is 127 Å². The molecule has 1 aromatic rings. The third kappa shape index (κ3) is 4.88. The van der Waals surface area contributed by atoms with Crippen molar-refractivity contribution in [2.75, 3.05) is 18.0 Å². The maximum absolute atomic E-state index is 11.9. The molecule has 0 fully saturated rings. The van der Waals surface area contributed by atoms with Crippen molar-refractivity contribution >= 4 is 17.5 Å². The highest BCUT2D eigenvalue weighted by molar-refractivity contribution is 5.92. The summed E-state index contributed by atoms with van der Waals surface area (Å²) in [4.78, 5) is 25.5. The average Bonchev–Trinajstić information content (AvgIpc) is 2.45. The van der Waals surface area contributed by atoms with Crippen molar-refractivity contribution in [2.24, 2.45) is 5.92 Å². The van der Waals surface area contributed by atoms with E-state index in [1.165, 1.54) is 0 Å². The summed E-state index contributed by atoms with van der Waals surface area (Å²) in [6, 6.07) is 7.78. The number of hydrogen-bond donors (Lipinski definition) is 1. The number of nitrogens with zero attached hydrogens (tertiary/aromatic N) is 1. The van der Waals surface area contributed by atoms with E-state index in [0.717, 1.165) is 24.1 Å². The van der Waals surface area contributed by atoms with Crippen molar-refractivity contribution in [1.82, 2.24) is 5.32 Å². The normalized spacial score (nSPS) is 10.5. The molecule has 116 valence electrons. The van der Waals surface area contributed by atoms with E-state index in [-0.39, 0.29) is 17.7 Å². The fraction of sp³-hybridized carbons (Fsp3) is 0.529. The van der Waals surface area contributed by atoms with Crippen LogP contribution >= 0.6 is 0 Å². The van der Waals surface area contributed by atoms with Gasteiger partial charge in [-0.3, -0.25) is 9.59 Å². The van der Waals surface area contributed by atoms with Gasteiger partial charge < -0.3 is 10.2 Å². The second-order valence-electron chi connectivity index (χ2n) is 5.26. The van der Waals surface area contributed by atoms with Gasteiger partial charge in [-0.05, 0) is 31.4 Å². The third-order valence-electron chi connectivity index (χ3n) is 3.78. The molecule has 0 heterocycles. The summed E-state index contributed by atoms with van der Waals surface area (Å²) in [5, 5.41) is 2.93. The molecule has 0 aliphatic rings. The second kappa shape index (κ2) is 8.45. The van der Waals surface area contributed by atoms with Gasteiger partial charge >= 0.3 is 0 Å². The van der Waals surface area contributed by atoms with Crippen molar-refractivity contribution in [1.29, 1.82) is 0 Å². The van der Waals surface area contributed by atoms with Crippen molar-refractivity contribution in [3.8, 4) is 0 Å². The maximum atomic E-state index is 11.9. The van der Waals surface area contributed by atoms with Gasteiger partial charge in [0.2, 0.25) is 11.8 Å². The summed E-state index contributed by atoms with van der Waals surface area (Å²) in [5.41, 5.74) is 1.96. The minimum absolute atomic E-state index is 0.0129. The highest BCUT2D eigenvalue weighted by Gasteiger charge is 2.16. The fourth-order valence-electron chi connectivity index (χ4n) is 2.41. The zero-order chi connectivity index (χ0) is 15.8. The number of nitrogens with one attached hydrogen (secondary N) is 1. The topological polar surface area (TPSA) is 49.4 Å². The number of benzene rings is 1. The molecule has 0 aromatic heterocycles. The molecule has 4 nitrogen and oxygen atoms in total. The zero-order valence-corrected chi connectivity index (χ0v) is 13.5. The molecule has 1 aromatic carbocycles. The first kappa shape index (κ1) is 17.2. The third-order valence-corrected chi connectivity index (χ3v) is 3.78. The predicted molar refractivity (Wildman–Crippen MR) is 86.3 cm³/mol. The Morgan fingerprint density at radius 1 is 1.19 bits per heavy atom. The molecule has 0 spiro atoms. The minimum Gasteiger partial charge on any atom is -0.354 e. The van der Waals surface area contributed by atoms with E-state index in [9.17, 15) is 9.59 Å². The molecule has 2 amide bonds. The Kier molecular flexibility index (Phi) is 6.92. The molecule has 0 unspecified atom stereocenters. The maximum Gasteiger partial charge on any atom is 0.223 e. The number of para-hydroxylation sites is 1. The number of carbonyl (C=O) groups excluding carboxylic acids is 2. The van der Waals surface area contributed by atoms with Crippen LogP contribution in [0.1, 0.15) is 39.2 Å². The minimum atomic E-state index is -0.0129. The van der Waals surface area contributed by atoms with Crippen LogP contribution in [0.4, 0.5) is 5.69 Å².